The fourth-order valence-corrected chi connectivity index (χ4v) is 11.1. The summed E-state index contributed by atoms with van der Waals surface area (Å²) in [6.07, 6.45) is 10.4. The van der Waals surface area contributed by atoms with Crippen molar-refractivity contribution in [1.29, 1.82) is 0 Å². The first-order chi connectivity index (χ1) is 34.7. The lowest BCUT2D eigenvalue weighted by Gasteiger charge is -2.31. The SMILES string of the molecule is CCC1CCC(c2cc(-c3ccccc3)c(-c3ccccc3)c(-c3ccccc3)c2-c2ccccc2)/C=C\C=C/1c1cc(-c2ccccc2)c(-c2ccccc2)c(-c2ccccc2)c1-c1ccccc1. The molecule has 1 aliphatic rings. The highest BCUT2D eigenvalue weighted by atomic mass is 14.3. The number of hydrogen-bond acceptors (Lipinski definition) is 0. The molecule has 0 heteroatoms. The van der Waals surface area contributed by atoms with E-state index < -0.39 is 0 Å². The molecule has 10 aromatic carbocycles. The quantitative estimate of drug-likeness (QED) is 0.121. The predicted molar refractivity (Wildman–Crippen MR) is 299 cm³/mol. The standard InChI is InChI=1S/C70H56/c1-2-50-46-47-53(62-48-61(51-28-11-3-12-29-51)65(54-32-15-5-16-33-54)69(58-40-23-9-24-41-58)66(62)55-34-17-6-18-35-55)44-27-45-60(50)64-49-63(52-30-13-4-14-31-52)67(56-36-19-7-20-37-56)70(59-42-25-10-26-43-59)68(64)57-38-21-8-22-39-57/h3-45,48-50,53H,2,46-47H2,1H3/b44-27-,60-45+. The van der Waals surface area contributed by atoms with Crippen LogP contribution in [-0.4, -0.2) is 0 Å². The van der Waals surface area contributed by atoms with Gasteiger partial charge in [0.25, 0.3) is 0 Å². The van der Waals surface area contributed by atoms with E-state index >= 15 is 0 Å². The van der Waals surface area contributed by atoms with Crippen molar-refractivity contribution >= 4 is 5.57 Å². The first-order valence-electron chi connectivity index (χ1n) is 25.0. The number of benzene rings is 10. The van der Waals surface area contributed by atoms with Crippen LogP contribution in [0.5, 0.6) is 0 Å². The van der Waals surface area contributed by atoms with Gasteiger partial charge in [0.1, 0.15) is 0 Å². The second-order valence-corrected chi connectivity index (χ2v) is 18.5. The van der Waals surface area contributed by atoms with Crippen LogP contribution in [-0.2, 0) is 0 Å². The van der Waals surface area contributed by atoms with Crippen molar-refractivity contribution in [2.75, 3.05) is 0 Å². The fraction of sp³-hybridized carbons (Fsp3) is 0.0857. The Morgan fingerprint density at radius 3 is 1.01 bits per heavy atom. The van der Waals surface area contributed by atoms with Crippen LogP contribution in [0.2, 0.25) is 0 Å². The normalized spacial score (nSPS) is 15.8. The van der Waals surface area contributed by atoms with E-state index in [-0.39, 0.29) is 5.92 Å². The first kappa shape index (κ1) is 44.2. The highest BCUT2D eigenvalue weighted by Gasteiger charge is 2.30. The molecule has 2 unspecified atom stereocenters. The molecule has 0 N–H and O–H groups in total. The Labute approximate surface area is 414 Å². The summed E-state index contributed by atoms with van der Waals surface area (Å²) in [5, 5.41) is 0. The van der Waals surface area contributed by atoms with Gasteiger partial charge in [-0.05, 0) is 143 Å². The van der Waals surface area contributed by atoms with Gasteiger partial charge in [-0.2, -0.15) is 0 Å². The zero-order valence-corrected chi connectivity index (χ0v) is 39.8. The van der Waals surface area contributed by atoms with Crippen molar-refractivity contribution in [3.63, 3.8) is 0 Å². The monoisotopic (exact) mass is 896 g/mol. The van der Waals surface area contributed by atoms with Crippen LogP contribution in [0, 0.1) is 5.92 Å². The second kappa shape index (κ2) is 20.5. The largest absolute Gasteiger partial charge is 0.0770 e. The lowest BCUT2D eigenvalue weighted by Crippen LogP contribution is -2.11. The summed E-state index contributed by atoms with van der Waals surface area (Å²) in [6, 6.07) is 93.6. The third kappa shape index (κ3) is 8.82. The predicted octanol–water partition coefficient (Wildman–Crippen LogP) is 19.6. The number of allylic oxidation sites excluding steroid dienone is 4. The lowest BCUT2D eigenvalue weighted by atomic mass is 9.73. The average Bonchev–Trinajstić information content (AvgIpc) is 3.44. The summed E-state index contributed by atoms with van der Waals surface area (Å²) < 4.78 is 0. The summed E-state index contributed by atoms with van der Waals surface area (Å²) in [6.45, 7) is 2.39. The third-order valence-electron chi connectivity index (χ3n) is 14.3. The van der Waals surface area contributed by atoms with Gasteiger partial charge in [0.05, 0.1) is 0 Å². The molecule has 2 atom stereocenters. The molecule has 0 saturated heterocycles. The molecule has 0 amide bonds. The smallest absolute Gasteiger partial charge is 0.00279 e. The Morgan fingerprint density at radius 1 is 0.314 bits per heavy atom. The van der Waals surface area contributed by atoms with Gasteiger partial charge in [0.2, 0.25) is 0 Å². The molecule has 70 heavy (non-hydrogen) atoms. The number of rotatable bonds is 11. The lowest BCUT2D eigenvalue weighted by molar-refractivity contribution is 0.537. The summed E-state index contributed by atoms with van der Waals surface area (Å²) >= 11 is 0. The topological polar surface area (TPSA) is 0 Å². The Hall–Kier alpha value is -8.32. The van der Waals surface area contributed by atoms with Crippen LogP contribution >= 0.6 is 0 Å². The van der Waals surface area contributed by atoms with E-state index in [0.29, 0.717) is 5.92 Å². The molecule has 0 nitrogen and oxygen atoms in total. The van der Waals surface area contributed by atoms with Gasteiger partial charge >= 0.3 is 0 Å². The van der Waals surface area contributed by atoms with Gasteiger partial charge in [0, 0.05) is 5.92 Å². The van der Waals surface area contributed by atoms with Crippen molar-refractivity contribution in [2.45, 2.75) is 32.1 Å². The molecule has 0 aliphatic heterocycles. The molecule has 0 bridgehead atoms. The van der Waals surface area contributed by atoms with E-state index in [9.17, 15) is 0 Å². The van der Waals surface area contributed by atoms with E-state index in [1.54, 1.807) is 0 Å². The maximum atomic E-state index is 2.54. The minimum absolute atomic E-state index is 0.158. The van der Waals surface area contributed by atoms with Crippen LogP contribution in [0.3, 0.4) is 0 Å². The minimum atomic E-state index is 0.158. The van der Waals surface area contributed by atoms with Crippen molar-refractivity contribution in [3.05, 3.63) is 284 Å². The van der Waals surface area contributed by atoms with Crippen molar-refractivity contribution in [3.8, 4) is 89.0 Å². The van der Waals surface area contributed by atoms with E-state index in [2.05, 4.69) is 280 Å². The maximum absolute atomic E-state index is 2.54. The molecule has 336 valence electrons. The van der Waals surface area contributed by atoms with Gasteiger partial charge in [-0.1, -0.05) is 268 Å². The van der Waals surface area contributed by atoms with Crippen molar-refractivity contribution in [1.82, 2.24) is 0 Å². The summed E-state index contributed by atoms with van der Waals surface area (Å²) in [5.74, 6) is 0.460. The van der Waals surface area contributed by atoms with Gasteiger partial charge in [-0.3, -0.25) is 0 Å². The molecule has 0 radical (unpaired) electrons. The molecule has 0 saturated carbocycles. The van der Waals surface area contributed by atoms with E-state index in [1.165, 1.54) is 106 Å². The Bertz CT molecular complexity index is 3390. The Kier molecular flexibility index (Phi) is 12.9. The fourth-order valence-electron chi connectivity index (χ4n) is 11.1. The molecule has 0 spiro atoms. The third-order valence-corrected chi connectivity index (χ3v) is 14.3. The van der Waals surface area contributed by atoms with Crippen LogP contribution < -0.4 is 0 Å². The van der Waals surface area contributed by atoms with E-state index in [0.717, 1.165) is 19.3 Å². The molecular weight excluding hydrogens is 841 g/mol. The average molecular weight is 897 g/mol. The molecule has 0 fully saturated rings. The highest BCUT2D eigenvalue weighted by molar-refractivity contribution is 6.07. The zero-order chi connectivity index (χ0) is 47.1. The second-order valence-electron chi connectivity index (χ2n) is 18.5. The van der Waals surface area contributed by atoms with Crippen LogP contribution in [0.25, 0.3) is 94.6 Å². The Morgan fingerprint density at radius 2 is 0.629 bits per heavy atom. The highest BCUT2D eigenvalue weighted by Crippen LogP contribution is 2.53. The maximum Gasteiger partial charge on any atom is 0.00279 e. The Balaban J connectivity index is 1.18. The van der Waals surface area contributed by atoms with Crippen LogP contribution in [0.1, 0.15) is 43.2 Å². The van der Waals surface area contributed by atoms with Crippen molar-refractivity contribution < 1.29 is 0 Å². The van der Waals surface area contributed by atoms with Gasteiger partial charge in [-0.15, -0.1) is 0 Å². The van der Waals surface area contributed by atoms with Gasteiger partial charge < -0.3 is 0 Å². The minimum Gasteiger partial charge on any atom is -0.0770 e. The van der Waals surface area contributed by atoms with E-state index in [4.69, 9.17) is 0 Å². The summed E-state index contributed by atoms with van der Waals surface area (Å²) in [4.78, 5) is 0. The van der Waals surface area contributed by atoms with Crippen LogP contribution in [0.4, 0.5) is 0 Å². The molecule has 0 aromatic heterocycles. The van der Waals surface area contributed by atoms with Gasteiger partial charge in [-0.25, -0.2) is 0 Å². The molecule has 11 rings (SSSR count). The van der Waals surface area contributed by atoms with Crippen molar-refractivity contribution in [2.24, 2.45) is 5.92 Å². The summed E-state index contributed by atoms with van der Waals surface area (Å²) in [7, 11) is 0. The summed E-state index contributed by atoms with van der Waals surface area (Å²) in [5.41, 5.74) is 24.0. The molecule has 0 heterocycles. The molecule has 10 aromatic rings. The molecule has 1 aliphatic carbocycles. The van der Waals surface area contributed by atoms with E-state index in [1.807, 2.05) is 0 Å². The van der Waals surface area contributed by atoms with Gasteiger partial charge in [0.15, 0.2) is 0 Å². The first-order valence-corrected chi connectivity index (χ1v) is 25.0. The van der Waals surface area contributed by atoms with Crippen LogP contribution in [0.15, 0.2) is 273 Å². The molecular formula is C70H56. The zero-order valence-electron chi connectivity index (χ0n) is 39.8. The number of hydrogen-bond donors (Lipinski definition) is 0.